The Balaban J connectivity index is 1.60. The number of anilines is 2. The summed E-state index contributed by atoms with van der Waals surface area (Å²) in [6.07, 6.45) is 7.27. The van der Waals surface area contributed by atoms with Crippen molar-refractivity contribution in [1.82, 2.24) is 0 Å². The minimum Gasteiger partial charge on any atom is -0.382 e. The van der Waals surface area contributed by atoms with E-state index in [4.69, 9.17) is 0 Å². The Bertz CT molecular complexity index is 482. The fourth-order valence-corrected chi connectivity index (χ4v) is 3.08. The van der Waals surface area contributed by atoms with Crippen LogP contribution in [0.25, 0.3) is 0 Å². The number of carbonyl (C=O) groups excluding carboxylic acids is 1. The van der Waals surface area contributed by atoms with Crippen LogP contribution in [0.3, 0.4) is 0 Å². The number of benzene rings is 1. The number of carbonyl (C=O) groups is 1. The lowest BCUT2D eigenvalue weighted by molar-refractivity contribution is -0.117. The molecule has 0 saturated heterocycles. The van der Waals surface area contributed by atoms with Crippen molar-refractivity contribution in [2.75, 3.05) is 10.6 Å². The summed E-state index contributed by atoms with van der Waals surface area (Å²) >= 11 is 0. The first-order valence-corrected chi connectivity index (χ1v) is 7.88. The molecule has 0 bridgehead atoms. The van der Waals surface area contributed by atoms with E-state index in [1.807, 2.05) is 12.1 Å². The molecule has 2 atom stereocenters. The third-order valence-electron chi connectivity index (χ3n) is 4.39. The first-order valence-electron chi connectivity index (χ1n) is 7.88. The normalized spacial score (nSPS) is 26.1. The van der Waals surface area contributed by atoms with E-state index in [0.29, 0.717) is 6.04 Å². The second-order valence-corrected chi connectivity index (χ2v) is 6.46. The summed E-state index contributed by atoms with van der Waals surface area (Å²) in [5.74, 6) is 1.25. The van der Waals surface area contributed by atoms with Crippen LogP contribution in [0, 0.1) is 11.8 Å². The van der Waals surface area contributed by atoms with Gasteiger partial charge < -0.3 is 10.6 Å². The molecule has 1 aromatic carbocycles. The quantitative estimate of drug-likeness (QED) is 0.869. The molecule has 0 radical (unpaired) electrons. The van der Waals surface area contributed by atoms with Crippen LogP contribution in [0.4, 0.5) is 11.4 Å². The summed E-state index contributed by atoms with van der Waals surface area (Å²) in [6.45, 7) is 2.33. The zero-order valence-electron chi connectivity index (χ0n) is 12.2. The molecule has 3 nitrogen and oxygen atoms in total. The van der Waals surface area contributed by atoms with Gasteiger partial charge in [-0.25, -0.2) is 0 Å². The fraction of sp³-hybridized carbons (Fsp3) is 0.588. The molecule has 0 heterocycles. The summed E-state index contributed by atoms with van der Waals surface area (Å²) in [4.78, 5) is 11.8. The molecule has 2 fully saturated rings. The van der Waals surface area contributed by atoms with Crippen LogP contribution in [0.2, 0.25) is 0 Å². The molecule has 0 aromatic heterocycles. The first kappa shape index (κ1) is 13.5. The molecule has 0 aliphatic heterocycles. The first-order chi connectivity index (χ1) is 9.70. The van der Waals surface area contributed by atoms with E-state index < -0.39 is 0 Å². The Morgan fingerprint density at radius 3 is 2.70 bits per heavy atom. The van der Waals surface area contributed by atoms with Gasteiger partial charge in [-0.2, -0.15) is 0 Å². The van der Waals surface area contributed by atoms with Gasteiger partial charge in [0.2, 0.25) is 5.91 Å². The maximum Gasteiger partial charge on any atom is 0.227 e. The van der Waals surface area contributed by atoms with E-state index in [1.54, 1.807) is 0 Å². The number of hydrogen-bond acceptors (Lipinski definition) is 2. The Hall–Kier alpha value is -1.51. The summed E-state index contributed by atoms with van der Waals surface area (Å²) in [6, 6.07) is 8.70. The van der Waals surface area contributed by atoms with E-state index in [0.717, 1.165) is 30.1 Å². The molecule has 3 rings (SSSR count). The molecule has 2 saturated carbocycles. The highest BCUT2D eigenvalue weighted by Gasteiger charge is 2.29. The van der Waals surface area contributed by atoms with Crippen molar-refractivity contribution in [2.45, 2.75) is 51.5 Å². The fourth-order valence-electron chi connectivity index (χ4n) is 3.08. The molecule has 2 aliphatic rings. The topological polar surface area (TPSA) is 41.1 Å². The highest BCUT2D eigenvalue weighted by atomic mass is 16.2. The summed E-state index contributed by atoms with van der Waals surface area (Å²) in [7, 11) is 0. The van der Waals surface area contributed by atoms with Crippen molar-refractivity contribution in [1.29, 1.82) is 0 Å². The van der Waals surface area contributed by atoms with Crippen molar-refractivity contribution >= 4 is 17.3 Å². The van der Waals surface area contributed by atoms with Gasteiger partial charge >= 0.3 is 0 Å². The zero-order valence-corrected chi connectivity index (χ0v) is 12.2. The summed E-state index contributed by atoms with van der Waals surface area (Å²) < 4.78 is 0. The lowest BCUT2D eigenvalue weighted by Gasteiger charge is -2.28. The van der Waals surface area contributed by atoms with Gasteiger partial charge in [0.25, 0.3) is 0 Å². The van der Waals surface area contributed by atoms with Crippen molar-refractivity contribution in [3.63, 3.8) is 0 Å². The summed E-state index contributed by atoms with van der Waals surface area (Å²) in [5, 5.41) is 6.63. The molecular formula is C17H24N2O. The van der Waals surface area contributed by atoms with Gasteiger partial charge in [-0.3, -0.25) is 4.79 Å². The van der Waals surface area contributed by atoms with Gasteiger partial charge in [-0.15, -0.1) is 0 Å². The Morgan fingerprint density at radius 2 is 1.95 bits per heavy atom. The maximum atomic E-state index is 11.8. The van der Waals surface area contributed by atoms with Crippen molar-refractivity contribution in [3.05, 3.63) is 24.3 Å². The Labute approximate surface area is 121 Å². The predicted molar refractivity (Wildman–Crippen MR) is 82.8 cm³/mol. The van der Waals surface area contributed by atoms with Crippen molar-refractivity contribution < 1.29 is 4.79 Å². The van der Waals surface area contributed by atoms with Crippen LogP contribution in [0.1, 0.15) is 45.4 Å². The molecule has 2 unspecified atom stereocenters. The van der Waals surface area contributed by atoms with Gasteiger partial charge in [0.05, 0.1) is 0 Å². The van der Waals surface area contributed by atoms with Gasteiger partial charge in [-0.1, -0.05) is 25.8 Å². The second-order valence-electron chi connectivity index (χ2n) is 6.46. The predicted octanol–water partition coefficient (Wildman–Crippen LogP) is 4.03. The Morgan fingerprint density at radius 1 is 1.15 bits per heavy atom. The van der Waals surface area contributed by atoms with E-state index >= 15 is 0 Å². The van der Waals surface area contributed by atoms with Crippen LogP contribution in [0.15, 0.2) is 24.3 Å². The monoisotopic (exact) mass is 272 g/mol. The number of amides is 1. The molecule has 2 aliphatic carbocycles. The minimum atomic E-state index is 0.174. The lowest BCUT2D eigenvalue weighted by Crippen LogP contribution is -2.26. The van der Waals surface area contributed by atoms with Crippen LogP contribution in [-0.2, 0) is 4.79 Å². The number of hydrogen-bond donors (Lipinski definition) is 2. The van der Waals surface area contributed by atoms with Gasteiger partial charge in [0.1, 0.15) is 0 Å². The molecule has 1 aromatic rings. The largest absolute Gasteiger partial charge is 0.382 e. The molecular weight excluding hydrogens is 248 g/mol. The molecule has 1 amide bonds. The number of nitrogens with one attached hydrogen (secondary N) is 2. The maximum absolute atomic E-state index is 11.8. The average Bonchev–Trinajstić information content (AvgIpc) is 3.23. The van der Waals surface area contributed by atoms with Gasteiger partial charge in [0.15, 0.2) is 0 Å². The van der Waals surface area contributed by atoms with E-state index in [9.17, 15) is 4.79 Å². The van der Waals surface area contributed by atoms with E-state index in [-0.39, 0.29) is 11.8 Å². The zero-order chi connectivity index (χ0) is 13.9. The molecule has 2 N–H and O–H groups in total. The van der Waals surface area contributed by atoms with E-state index in [2.05, 4.69) is 29.7 Å². The highest BCUT2D eigenvalue weighted by molar-refractivity contribution is 5.94. The molecule has 0 spiro atoms. The third-order valence-corrected chi connectivity index (χ3v) is 4.39. The summed E-state index contributed by atoms with van der Waals surface area (Å²) in [5.41, 5.74) is 2.04. The third kappa shape index (κ3) is 3.53. The number of rotatable bonds is 4. The lowest BCUT2D eigenvalue weighted by atomic mass is 9.87. The molecule has 3 heteroatoms. The van der Waals surface area contributed by atoms with E-state index in [1.165, 1.54) is 25.7 Å². The van der Waals surface area contributed by atoms with Crippen LogP contribution < -0.4 is 10.6 Å². The molecule has 108 valence electrons. The van der Waals surface area contributed by atoms with Crippen LogP contribution in [0.5, 0.6) is 0 Å². The van der Waals surface area contributed by atoms with Gasteiger partial charge in [0, 0.05) is 23.3 Å². The molecule has 20 heavy (non-hydrogen) atoms. The van der Waals surface area contributed by atoms with Crippen molar-refractivity contribution in [2.24, 2.45) is 11.8 Å². The van der Waals surface area contributed by atoms with Crippen molar-refractivity contribution in [3.8, 4) is 0 Å². The van der Waals surface area contributed by atoms with Gasteiger partial charge in [-0.05, 0) is 49.8 Å². The highest BCUT2D eigenvalue weighted by Crippen LogP contribution is 2.31. The standard InChI is InChI=1S/C17H24N2O/c1-12-4-2-5-14(10-12)18-15-6-3-7-16(11-15)19-17(20)13-8-9-13/h3,6-7,11-14,18H,2,4-5,8-10H2,1H3,(H,19,20). The average molecular weight is 272 g/mol. The van der Waals surface area contributed by atoms with Crippen LogP contribution >= 0.6 is 0 Å². The Kier molecular flexibility index (Phi) is 3.95. The minimum absolute atomic E-state index is 0.174. The smallest absolute Gasteiger partial charge is 0.227 e. The SMILES string of the molecule is CC1CCCC(Nc2cccc(NC(=O)C3CC3)c2)C1. The second kappa shape index (κ2) is 5.86. The van der Waals surface area contributed by atoms with Crippen LogP contribution in [-0.4, -0.2) is 11.9 Å².